The first-order valence-electron chi connectivity index (χ1n) is 6.96. The summed E-state index contributed by atoms with van der Waals surface area (Å²) in [4.78, 5) is 12.1. The number of fused-ring (bicyclic) bond motifs is 2. The highest BCUT2D eigenvalue weighted by Crippen LogP contribution is 2.49. The van der Waals surface area contributed by atoms with Crippen molar-refractivity contribution < 1.29 is 4.79 Å². The molecule has 2 bridgehead atoms. The second kappa shape index (κ2) is 5.16. The first-order chi connectivity index (χ1) is 9.11. The number of halogens is 1. The van der Waals surface area contributed by atoms with Crippen LogP contribution in [0.5, 0.6) is 0 Å². The number of carbonyl (C=O) groups is 1. The van der Waals surface area contributed by atoms with Crippen LogP contribution in [-0.2, 0) is 4.79 Å². The Labute approximate surface area is 122 Å². The van der Waals surface area contributed by atoms with Crippen molar-refractivity contribution >= 4 is 33.2 Å². The largest absolute Gasteiger partial charge is 0.397 e. The summed E-state index contributed by atoms with van der Waals surface area (Å²) in [5, 5.41) is 2.94. The summed E-state index contributed by atoms with van der Waals surface area (Å²) in [5.41, 5.74) is 7.22. The molecule has 0 saturated heterocycles. The van der Waals surface area contributed by atoms with Gasteiger partial charge < -0.3 is 11.1 Å². The fourth-order valence-electron chi connectivity index (χ4n) is 3.71. The summed E-state index contributed by atoms with van der Waals surface area (Å²) in [6.07, 6.45) is 5.94. The molecule has 4 heteroatoms. The van der Waals surface area contributed by atoms with E-state index in [1.807, 2.05) is 18.2 Å². The van der Waals surface area contributed by atoms with Gasteiger partial charge in [-0.15, -0.1) is 0 Å². The Morgan fingerprint density at radius 1 is 1.37 bits per heavy atom. The van der Waals surface area contributed by atoms with Gasteiger partial charge in [0.05, 0.1) is 11.4 Å². The van der Waals surface area contributed by atoms with Crippen LogP contribution >= 0.6 is 15.9 Å². The lowest BCUT2D eigenvalue weighted by Crippen LogP contribution is -2.20. The van der Waals surface area contributed by atoms with Gasteiger partial charge in [-0.2, -0.15) is 0 Å². The molecule has 1 amide bonds. The van der Waals surface area contributed by atoms with Gasteiger partial charge in [-0.3, -0.25) is 4.79 Å². The van der Waals surface area contributed by atoms with Crippen molar-refractivity contribution in [3.63, 3.8) is 0 Å². The minimum Gasteiger partial charge on any atom is -0.397 e. The predicted octanol–water partition coefficient (Wildman–Crippen LogP) is 3.80. The third-order valence-electron chi connectivity index (χ3n) is 4.62. The highest BCUT2D eigenvalue weighted by molar-refractivity contribution is 9.10. The fourth-order valence-corrected chi connectivity index (χ4v) is 4.09. The number of amides is 1. The topological polar surface area (TPSA) is 55.1 Å². The maximum Gasteiger partial charge on any atom is 0.224 e. The van der Waals surface area contributed by atoms with Gasteiger partial charge in [0.25, 0.3) is 0 Å². The monoisotopic (exact) mass is 322 g/mol. The molecular weight excluding hydrogens is 304 g/mol. The molecule has 3 atom stereocenters. The molecule has 2 saturated carbocycles. The molecule has 0 spiro atoms. The molecule has 0 heterocycles. The minimum absolute atomic E-state index is 0.103. The predicted molar refractivity (Wildman–Crippen MR) is 80.7 cm³/mol. The average molecular weight is 323 g/mol. The number of nitrogens with two attached hydrogens (primary N) is 1. The molecular formula is C15H19BrN2O. The van der Waals surface area contributed by atoms with E-state index in [9.17, 15) is 4.79 Å². The van der Waals surface area contributed by atoms with Crippen molar-refractivity contribution in [2.75, 3.05) is 11.1 Å². The van der Waals surface area contributed by atoms with Crippen LogP contribution in [0, 0.1) is 17.8 Å². The SMILES string of the molecule is Nc1cc(Br)ccc1NC(=O)CC1C[C@@H]2CC[C@H]1C2. The fraction of sp³-hybridized carbons (Fsp3) is 0.533. The summed E-state index contributed by atoms with van der Waals surface area (Å²) < 4.78 is 0.927. The van der Waals surface area contributed by atoms with E-state index in [4.69, 9.17) is 5.73 Å². The summed E-state index contributed by atoms with van der Waals surface area (Å²) in [7, 11) is 0. The molecule has 3 nitrogen and oxygen atoms in total. The zero-order valence-corrected chi connectivity index (χ0v) is 12.4. The van der Waals surface area contributed by atoms with Crippen LogP contribution in [-0.4, -0.2) is 5.91 Å². The van der Waals surface area contributed by atoms with E-state index >= 15 is 0 Å². The lowest BCUT2D eigenvalue weighted by atomic mass is 9.86. The molecule has 2 fully saturated rings. The summed E-state index contributed by atoms with van der Waals surface area (Å²) in [6, 6.07) is 5.55. The Morgan fingerprint density at radius 3 is 2.84 bits per heavy atom. The Balaban J connectivity index is 1.59. The van der Waals surface area contributed by atoms with E-state index in [2.05, 4.69) is 21.2 Å². The maximum absolute atomic E-state index is 12.1. The van der Waals surface area contributed by atoms with Crippen LogP contribution in [0.1, 0.15) is 32.1 Å². The number of benzene rings is 1. The zero-order chi connectivity index (χ0) is 13.4. The van der Waals surface area contributed by atoms with Gasteiger partial charge in [0.1, 0.15) is 0 Å². The van der Waals surface area contributed by atoms with Gasteiger partial charge in [0.15, 0.2) is 0 Å². The van der Waals surface area contributed by atoms with Gasteiger partial charge in [0, 0.05) is 10.9 Å². The Morgan fingerprint density at radius 2 is 2.21 bits per heavy atom. The third kappa shape index (κ3) is 2.78. The number of rotatable bonds is 3. The van der Waals surface area contributed by atoms with Crippen molar-refractivity contribution in [2.24, 2.45) is 17.8 Å². The highest BCUT2D eigenvalue weighted by atomic mass is 79.9. The molecule has 102 valence electrons. The van der Waals surface area contributed by atoms with Crippen molar-refractivity contribution in [2.45, 2.75) is 32.1 Å². The summed E-state index contributed by atoms with van der Waals surface area (Å²) in [5.74, 6) is 2.38. The van der Waals surface area contributed by atoms with Crippen LogP contribution in [0.15, 0.2) is 22.7 Å². The molecule has 1 aromatic rings. The molecule has 2 aliphatic rings. The number of hydrogen-bond acceptors (Lipinski definition) is 2. The van der Waals surface area contributed by atoms with Crippen LogP contribution in [0.4, 0.5) is 11.4 Å². The van der Waals surface area contributed by atoms with Crippen molar-refractivity contribution in [3.8, 4) is 0 Å². The van der Waals surface area contributed by atoms with E-state index < -0.39 is 0 Å². The van der Waals surface area contributed by atoms with Gasteiger partial charge in [0.2, 0.25) is 5.91 Å². The standard InChI is InChI=1S/C15H19BrN2O/c16-12-3-4-14(13(17)8-12)18-15(19)7-11-6-9-1-2-10(11)5-9/h3-4,8-11H,1-2,5-7,17H2,(H,18,19)/t9-,10+,11?/m1/s1. The molecule has 1 aromatic carbocycles. The van der Waals surface area contributed by atoms with E-state index in [1.54, 1.807) is 0 Å². The maximum atomic E-state index is 12.1. The van der Waals surface area contributed by atoms with E-state index in [0.29, 0.717) is 18.0 Å². The smallest absolute Gasteiger partial charge is 0.224 e. The van der Waals surface area contributed by atoms with Gasteiger partial charge in [-0.05, 0) is 55.2 Å². The van der Waals surface area contributed by atoms with E-state index in [0.717, 1.165) is 22.0 Å². The van der Waals surface area contributed by atoms with E-state index in [1.165, 1.54) is 25.7 Å². The molecule has 19 heavy (non-hydrogen) atoms. The number of anilines is 2. The molecule has 3 N–H and O–H groups in total. The normalized spacial score (nSPS) is 28.6. The summed E-state index contributed by atoms with van der Waals surface area (Å²) in [6.45, 7) is 0. The summed E-state index contributed by atoms with van der Waals surface area (Å²) >= 11 is 3.36. The van der Waals surface area contributed by atoms with Gasteiger partial charge in [-0.1, -0.05) is 22.4 Å². The molecule has 2 aliphatic carbocycles. The first-order valence-corrected chi connectivity index (χ1v) is 7.76. The highest BCUT2D eigenvalue weighted by Gasteiger charge is 2.40. The lowest BCUT2D eigenvalue weighted by molar-refractivity contribution is -0.117. The molecule has 1 unspecified atom stereocenters. The van der Waals surface area contributed by atoms with Crippen LogP contribution in [0.3, 0.4) is 0 Å². The lowest BCUT2D eigenvalue weighted by Gasteiger charge is -2.21. The van der Waals surface area contributed by atoms with Crippen molar-refractivity contribution in [1.82, 2.24) is 0 Å². The second-order valence-electron chi connectivity index (χ2n) is 5.92. The van der Waals surface area contributed by atoms with Crippen LogP contribution in [0.2, 0.25) is 0 Å². The molecule has 3 rings (SSSR count). The zero-order valence-electron chi connectivity index (χ0n) is 10.9. The quantitative estimate of drug-likeness (QED) is 0.832. The van der Waals surface area contributed by atoms with Crippen molar-refractivity contribution in [3.05, 3.63) is 22.7 Å². The minimum atomic E-state index is 0.103. The second-order valence-corrected chi connectivity index (χ2v) is 6.83. The van der Waals surface area contributed by atoms with Crippen LogP contribution in [0.25, 0.3) is 0 Å². The number of carbonyl (C=O) groups excluding carboxylic acids is 1. The van der Waals surface area contributed by atoms with Gasteiger partial charge in [-0.25, -0.2) is 0 Å². The Hall–Kier alpha value is -1.03. The first kappa shape index (κ1) is 13.0. The van der Waals surface area contributed by atoms with E-state index in [-0.39, 0.29) is 5.91 Å². The van der Waals surface area contributed by atoms with Crippen LogP contribution < -0.4 is 11.1 Å². The van der Waals surface area contributed by atoms with Gasteiger partial charge >= 0.3 is 0 Å². The average Bonchev–Trinajstić information content (AvgIpc) is 2.95. The van der Waals surface area contributed by atoms with Crippen molar-refractivity contribution in [1.29, 1.82) is 0 Å². The Bertz CT molecular complexity index is 503. The Kier molecular flexibility index (Phi) is 3.52. The molecule has 0 radical (unpaired) electrons. The number of hydrogen-bond donors (Lipinski definition) is 2. The molecule has 0 aliphatic heterocycles. The molecule has 0 aromatic heterocycles. The third-order valence-corrected chi connectivity index (χ3v) is 5.11. The number of nitrogen functional groups attached to an aromatic ring is 1. The number of nitrogens with one attached hydrogen (secondary N) is 1.